The van der Waals surface area contributed by atoms with Crippen molar-refractivity contribution in [2.75, 3.05) is 44.9 Å². The molecule has 19 heteroatoms. The average molecular weight is 1070 g/mol. The first kappa shape index (κ1) is 55.3. The summed E-state index contributed by atoms with van der Waals surface area (Å²) in [6.45, 7) is 19.0. The van der Waals surface area contributed by atoms with E-state index in [9.17, 15) is 24.3 Å². The summed E-state index contributed by atoms with van der Waals surface area (Å²) >= 11 is 3.24. The maximum absolute atomic E-state index is 14.0. The number of nitrogens with one attached hydrogen (secondary N) is 3. The number of β-amino-alcohol motifs (C(OH)–C–C–N with tert-alkyl or cyclic N) is 1. The van der Waals surface area contributed by atoms with Crippen molar-refractivity contribution in [2.45, 2.75) is 105 Å². The number of hydrogen-bond acceptors (Lipinski definition) is 14. The number of carbonyl (C=O) groups is 4. The Morgan fingerprint density at radius 2 is 1.58 bits per heavy atom. The van der Waals surface area contributed by atoms with E-state index in [1.165, 1.54) is 9.78 Å². The lowest BCUT2D eigenvalue weighted by Gasteiger charge is -2.35. The van der Waals surface area contributed by atoms with Gasteiger partial charge >= 0.3 is 0 Å². The van der Waals surface area contributed by atoms with Crippen molar-refractivity contribution in [3.63, 3.8) is 0 Å². The third-order valence-corrected chi connectivity index (χ3v) is 15.6. The highest BCUT2D eigenvalue weighted by Crippen LogP contribution is 2.40. The van der Waals surface area contributed by atoms with Crippen molar-refractivity contribution in [3.8, 4) is 21.2 Å². The molecule has 400 valence electrons. The normalized spacial score (nSPS) is 16.5. The summed E-state index contributed by atoms with van der Waals surface area (Å²) in [7, 11) is 0. The Labute approximate surface area is 451 Å². The summed E-state index contributed by atoms with van der Waals surface area (Å²) in [5.41, 5.74) is 9.56. The minimum Gasteiger partial charge on any atom is -0.494 e. The predicted octanol–water partition coefficient (Wildman–Crippen LogP) is 8.25. The second-order valence-corrected chi connectivity index (χ2v) is 22.2. The molecule has 76 heavy (non-hydrogen) atoms. The van der Waals surface area contributed by atoms with Crippen molar-refractivity contribution in [2.24, 2.45) is 10.4 Å². The van der Waals surface area contributed by atoms with Gasteiger partial charge in [-0.05, 0) is 86.1 Å². The minimum atomic E-state index is -0.963. The van der Waals surface area contributed by atoms with Gasteiger partial charge in [0.2, 0.25) is 23.6 Å². The van der Waals surface area contributed by atoms with E-state index in [4.69, 9.17) is 19.2 Å². The molecule has 6 aromatic rings. The Hall–Kier alpha value is -6.90. The maximum Gasteiger partial charge on any atom is 0.246 e. The van der Waals surface area contributed by atoms with E-state index in [0.717, 1.165) is 60.5 Å². The molecule has 4 atom stereocenters. The average Bonchev–Trinajstić information content (AvgIpc) is 4.19. The first-order chi connectivity index (χ1) is 36.5. The molecule has 0 radical (unpaired) electrons. The van der Waals surface area contributed by atoms with Gasteiger partial charge in [-0.3, -0.25) is 28.7 Å². The number of aliphatic hydroxyl groups is 1. The minimum absolute atomic E-state index is 0.0169. The molecule has 1 unspecified atom stereocenters. The van der Waals surface area contributed by atoms with Crippen LogP contribution < -0.4 is 20.7 Å². The van der Waals surface area contributed by atoms with Crippen LogP contribution in [0.3, 0.4) is 0 Å². The van der Waals surface area contributed by atoms with Crippen LogP contribution in [0.5, 0.6) is 5.75 Å². The molecule has 0 saturated carbocycles. The first-order valence-corrected chi connectivity index (χ1v) is 27.2. The number of aliphatic imine (C=N–C) groups is 1. The molecule has 1 saturated heterocycles. The molecule has 0 aliphatic carbocycles. The molecule has 8 rings (SSSR count). The van der Waals surface area contributed by atoms with Gasteiger partial charge in [0, 0.05) is 67.4 Å². The van der Waals surface area contributed by atoms with Gasteiger partial charge in [-0.15, -0.1) is 32.9 Å². The van der Waals surface area contributed by atoms with Gasteiger partial charge in [-0.1, -0.05) is 82.0 Å². The molecule has 0 bridgehead atoms. The Morgan fingerprint density at radius 1 is 0.882 bits per heavy atom. The number of hydrogen-bond donors (Lipinski definition) is 4. The molecule has 2 aliphatic rings. The molecule has 3 aromatic carbocycles. The fourth-order valence-corrected chi connectivity index (χ4v) is 11.2. The number of thiophene rings is 1. The van der Waals surface area contributed by atoms with Crippen LogP contribution in [0, 0.1) is 33.1 Å². The van der Waals surface area contributed by atoms with E-state index < -0.39 is 41.5 Å². The van der Waals surface area contributed by atoms with Gasteiger partial charge in [0.1, 0.15) is 41.3 Å². The molecular weight excluding hydrogens is 1000 g/mol. The lowest BCUT2D eigenvalue weighted by molar-refractivity contribution is -0.144. The van der Waals surface area contributed by atoms with Gasteiger partial charge in [0.15, 0.2) is 5.82 Å². The number of aromatic nitrogens is 4. The number of thiazole rings is 1. The molecule has 17 nitrogen and oxygen atoms in total. The summed E-state index contributed by atoms with van der Waals surface area (Å²) in [5, 5.41) is 29.3. The summed E-state index contributed by atoms with van der Waals surface area (Å²) in [6.07, 6.45) is 2.28. The molecular formula is C57H67N9O8S2. The van der Waals surface area contributed by atoms with Crippen LogP contribution >= 0.6 is 22.7 Å². The van der Waals surface area contributed by atoms with E-state index in [1.54, 1.807) is 34.8 Å². The Morgan fingerprint density at radius 3 is 2.26 bits per heavy atom. The highest BCUT2D eigenvalue weighted by molar-refractivity contribution is 7.15. The topological polar surface area (TPSA) is 211 Å². The monoisotopic (exact) mass is 1070 g/mol. The van der Waals surface area contributed by atoms with Gasteiger partial charge in [-0.2, -0.15) is 0 Å². The molecule has 0 spiro atoms. The number of amides is 4. The predicted molar refractivity (Wildman–Crippen MR) is 296 cm³/mol. The van der Waals surface area contributed by atoms with E-state index in [2.05, 4.69) is 51.6 Å². The maximum atomic E-state index is 14.0. The van der Waals surface area contributed by atoms with E-state index >= 15 is 0 Å². The standard InChI is InChI=1S/C57H67N9O8S2/c1-9-38-12-16-40(17-13-38)50-49-34(2)36(4)76-56(49)66-37(5)63-64-53(66)45(61-50)29-47(68)60-42-20-22-44(23-21-42)74-27-11-25-72-24-10-26-73-32-48(69)62-52(57(6,7)8)55(71)65-31-43(67)28-46(65)54(70)58-30-39-14-18-41(19-15-39)51-35(3)59-33-75-51/h9,12-23,33,43,45-46,52,67H,1,10-11,24-32H2,2-8H3,(H,58,70)(H,60,68)(H,62,69)/t43-,45+,46+,52?/m1/s1. The van der Waals surface area contributed by atoms with Crippen molar-refractivity contribution in [1.82, 2.24) is 35.3 Å². The summed E-state index contributed by atoms with van der Waals surface area (Å²) in [5.74, 6) is 0.514. The molecule has 5 heterocycles. The summed E-state index contributed by atoms with van der Waals surface area (Å²) in [4.78, 5) is 67.4. The van der Waals surface area contributed by atoms with Gasteiger partial charge in [-0.25, -0.2) is 4.98 Å². The number of rotatable bonds is 22. The van der Waals surface area contributed by atoms with Crippen molar-refractivity contribution < 1.29 is 38.5 Å². The highest BCUT2D eigenvalue weighted by atomic mass is 32.1. The zero-order chi connectivity index (χ0) is 54.1. The SMILES string of the molecule is C=Cc1ccc(C2=N[C@@H](CC(=O)Nc3ccc(OCCCOCCCOCC(=O)NC(C(=O)N4C[C@H](O)C[C@H]4C(=O)NCc4ccc(-c5scnc5C)cc4)C(C)(C)C)cc3)c3nnc(C)n3-c3sc(C)c(C)c32)cc1. The van der Waals surface area contributed by atoms with Crippen LogP contribution in [0.4, 0.5) is 5.69 Å². The second-order valence-electron chi connectivity index (χ2n) is 20.2. The van der Waals surface area contributed by atoms with E-state index in [0.29, 0.717) is 49.9 Å². The highest BCUT2D eigenvalue weighted by Gasteiger charge is 2.44. The number of carbonyl (C=O) groups excluding carboxylic acids is 4. The van der Waals surface area contributed by atoms with Crippen LogP contribution in [0.25, 0.3) is 21.5 Å². The Balaban J connectivity index is 0.726. The molecule has 3 aromatic heterocycles. The van der Waals surface area contributed by atoms with Crippen molar-refractivity contribution >= 4 is 63.8 Å². The third-order valence-electron chi connectivity index (χ3n) is 13.4. The number of aliphatic hydroxyl groups excluding tert-OH is 1. The molecule has 2 aliphatic heterocycles. The second kappa shape index (κ2) is 24.8. The van der Waals surface area contributed by atoms with Gasteiger partial charge in [0.05, 0.1) is 40.9 Å². The quantitative estimate of drug-likeness (QED) is 0.0476. The number of likely N-dealkylation sites (tertiary alicyclic amines) is 1. The number of nitrogens with zero attached hydrogens (tertiary/aromatic N) is 6. The van der Waals surface area contributed by atoms with Crippen molar-refractivity contribution in [3.05, 3.63) is 135 Å². The fraction of sp³-hybridized carbons (Fsp3) is 0.404. The van der Waals surface area contributed by atoms with Crippen LogP contribution in [0.1, 0.15) is 103 Å². The molecule has 4 amide bonds. The zero-order valence-electron chi connectivity index (χ0n) is 44.2. The van der Waals surface area contributed by atoms with Crippen molar-refractivity contribution in [1.29, 1.82) is 0 Å². The van der Waals surface area contributed by atoms with Gasteiger partial charge < -0.3 is 40.2 Å². The number of ether oxygens (including phenoxy) is 3. The van der Waals surface area contributed by atoms with E-state index in [1.807, 2.05) is 111 Å². The largest absolute Gasteiger partial charge is 0.494 e. The smallest absolute Gasteiger partial charge is 0.246 e. The number of fused-ring (bicyclic) bond motifs is 3. The molecule has 1 fully saturated rings. The Bertz CT molecular complexity index is 3050. The fourth-order valence-electron chi connectivity index (χ4n) is 9.19. The lowest BCUT2D eigenvalue weighted by Crippen LogP contribution is -2.58. The number of benzene rings is 3. The van der Waals surface area contributed by atoms with Crippen LogP contribution in [-0.4, -0.2) is 117 Å². The van der Waals surface area contributed by atoms with Crippen LogP contribution in [0.15, 0.2) is 89.9 Å². The lowest BCUT2D eigenvalue weighted by atomic mass is 9.85. The summed E-state index contributed by atoms with van der Waals surface area (Å²) in [6, 6.07) is 20.8. The first-order valence-electron chi connectivity index (χ1n) is 25.6. The van der Waals surface area contributed by atoms with Crippen LogP contribution in [-0.2, 0) is 35.2 Å². The Kier molecular flexibility index (Phi) is 18.1. The van der Waals surface area contributed by atoms with Gasteiger partial charge in [0.25, 0.3) is 0 Å². The summed E-state index contributed by atoms with van der Waals surface area (Å²) < 4.78 is 19.4. The molecule has 4 N–H and O–H groups in total. The third kappa shape index (κ3) is 13.4. The number of aryl methyl sites for hydroxylation is 3. The van der Waals surface area contributed by atoms with Crippen LogP contribution in [0.2, 0.25) is 0 Å². The zero-order valence-corrected chi connectivity index (χ0v) is 45.8. The van der Waals surface area contributed by atoms with E-state index in [-0.39, 0.29) is 51.0 Å². The number of anilines is 1.